The van der Waals surface area contributed by atoms with Crippen molar-refractivity contribution in [3.63, 3.8) is 0 Å². The molecule has 1 N–H and O–H groups in total. The molecule has 0 atom stereocenters. The molecule has 5 rings (SSSR count). The van der Waals surface area contributed by atoms with Gasteiger partial charge in [0.15, 0.2) is 5.65 Å². The smallest absolute Gasteiger partial charge is 0.287 e. The summed E-state index contributed by atoms with van der Waals surface area (Å²) in [6, 6.07) is 27.1. The highest BCUT2D eigenvalue weighted by molar-refractivity contribution is 6.30. The molecule has 0 aliphatic carbocycles. The molecular weight excluding hydrogens is 478 g/mol. The highest BCUT2D eigenvalue weighted by atomic mass is 35.5. The van der Waals surface area contributed by atoms with Gasteiger partial charge in [0, 0.05) is 23.2 Å². The van der Waals surface area contributed by atoms with Crippen molar-refractivity contribution in [2.75, 3.05) is 5.32 Å². The Labute approximate surface area is 211 Å². The van der Waals surface area contributed by atoms with Gasteiger partial charge in [-0.25, -0.2) is 4.98 Å². The summed E-state index contributed by atoms with van der Waals surface area (Å²) in [5, 5.41) is 3.44. The van der Waals surface area contributed by atoms with Crippen molar-refractivity contribution in [3.05, 3.63) is 129 Å². The molecule has 2 aromatic heterocycles. The summed E-state index contributed by atoms with van der Waals surface area (Å²) in [6.07, 6.45) is 0. The fourth-order valence-electron chi connectivity index (χ4n) is 4.01. The van der Waals surface area contributed by atoms with Gasteiger partial charge in [0.25, 0.3) is 5.56 Å². The van der Waals surface area contributed by atoms with Gasteiger partial charge in [-0.1, -0.05) is 72.3 Å². The minimum absolute atomic E-state index is 0.0000204. The van der Waals surface area contributed by atoms with Crippen LogP contribution >= 0.6 is 11.6 Å². The normalized spacial score (nSPS) is 11.1. The third-order valence-corrected chi connectivity index (χ3v) is 5.86. The van der Waals surface area contributed by atoms with Crippen molar-refractivity contribution in [3.8, 4) is 5.75 Å². The fraction of sp³-hybridized carbons (Fsp3) is 0.107. The largest absolute Gasteiger partial charge is 0.485 e. The molecule has 0 radical (unpaired) electrons. The number of benzene rings is 3. The summed E-state index contributed by atoms with van der Waals surface area (Å²) in [6.45, 7) is 1.74. The van der Waals surface area contributed by atoms with Crippen LogP contribution in [0.4, 0.5) is 5.69 Å². The van der Waals surface area contributed by atoms with Gasteiger partial charge in [-0.15, -0.1) is 4.57 Å². The number of ether oxygens (including phenoxy) is 1. The Kier molecular flexibility index (Phi) is 6.56. The first-order valence-electron chi connectivity index (χ1n) is 11.3. The predicted molar refractivity (Wildman–Crippen MR) is 138 cm³/mol. The van der Waals surface area contributed by atoms with Crippen LogP contribution in [0.15, 0.2) is 100 Å². The number of aromatic nitrogens is 2. The first-order chi connectivity index (χ1) is 17.5. The second-order valence-electron chi connectivity index (χ2n) is 8.26. The van der Waals surface area contributed by atoms with E-state index in [4.69, 9.17) is 20.9 Å². The van der Waals surface area contributed by atoms with E-state index < -0.39 is 5.92 Å². The van der Waals surface area contributed by atoms with Crippen LogP contribution in [0.25, 0.3) is 5.65 Å². The number of amides is 1. The second kappa shape index (κ2) is 10.1. The van der Waals surface area contributed by atoms with Gasteiger partial charge < -0.3 is 14.6 Å². The Bertz CT molecular complexity index is 1540. The summed E-state index contributed by atoms with van der Waals surface area (Å²) in [4.78, 5) is 30.3. The van der Waals surface area contributed by atoms with Crippen molar-refractivity contribution >= 4 is 28.8 Å². The molecule has 0 aliphatic rings. The van der Waals surface area contributed by atoms with Gasteiger partial charge in [0.05, 0.1) is 17.3 Å². The molecule has 0 aliphatic heterocycles. The zero-order valence-corrected chi connectivity index (χ0v) is 20.1. The number of nitrogens with one attached hydrogen (secondary N) is 1. The van der Waals surface area contributed by atoms with Crippen LogP contribution in [0.1, 0.15) is 28.5 Å². The van der Waals surface area contributed by atoms with E-state index in [9.17, 15) is 9.59 Å². The van der Waals surface area contributed by atoms with Gasteiger partial charge in [0.2, 0.25) is 5.91 Å². The monoisotopic (exact) mass is 499 g/mol. The van der Waals surface area contributed by atoms with E-state index in [1.54, 1.807) is 31.2 Å². The third-order valence-electron chi connectivity index (χ3n) is 5.63. The molecule has 8 heteroatoms. The topological polar surface area (TPSA) is 85.8 Å². The number of anilines is 1. The van der Waals surface area contributed by atoms with Crippen molar-refractivity contribution in [1.82, 2.24) is 9.56 Å². The van der Waals surface area contributed by atoms with Crippen LogP contribution in [0, 0.1) is 6.92 Å². The predicted octanol–water partition coefficient (Wildman–Crippen LogP) is 5.60. The van der Waals surface area contributed by atoms with Crippen molar-refractivity contribution in [2.24, 2.45) is 0 Å². The number of halogens is 1. The van der Waals surface area contributed by atoms with Gasteiger partial charge in [-0.05, 0) is 30.2 Å². The number of hydrogen-bond donors (Lipinski definition) is 1. The number of nitrogens with zero attached hydrogens (tertiary/aromatic N) is 2. The number of aryl methyl sites for hydroxylation is 1. The fourth-order valence-corrected chi connectivity index (χ4v) is 4.17. The van der Waals surface area contributed by atoms with E-state index in [0.717, 1.165) is 15.7 Å². The van der Waals surface area contributed by atoms with Gasteiger partial charge in [-0.2, -0.15) is 0 Å². The quantitative estimate of drug-likeness (QED) is 0.315. The molecule has 7 nitrogen and oxygen atoms in total. The number of carbonyl (C=O) groups excluding carboxylic acids is 1. The number of fused-ring (bicyclic) bond motifs is 1. The number of rotatable bonds is 7. The minimum Gasteiger partial charge on any atom is -0.485 e. The maximum Gasteiger partial charge on any atom is 0.287 e. The lowest BCUT2D eigenvalue weighted by Gasteiger charge is -2.19. The van der Waals surface area contributed by atoms with Crippen molar-refractivity contribution in [1.29, 1.82) is 0 Å². The van der Waals surface area contributed by atoms with E-state index in [-0.39, 0.29) is 18.1 Å². The van der Waals surface area contributed by atoms with Gasteiger partial charge in [0.1, 0.15) is 18.1 Å². The number of carbonyl (C=O) groups is 1. The van der Waals surface area contributed by atoms with Crippen molar-refractivity contribution in [2.45, 2.75) is 19.4 Å². The van der Waals surface area contributed by atoms with E-state index in [0.29, 0.717) is 33.6 Å². The van der Waals surface area contributed by atoms with E-state index in [2.05, 4.69) is 10.3 Å². The van der Waals surface area contributed by atoms with E-state index >= 15 is 0 Å². The lowest BCUT2D eigenvalue weighted by atomic mass is 9.90. The Morgan fingerprint density at radius 1 is 1.00 bits per heavy atom. The summed E-state index contributed by atoms with van der Waals surface area (Å²) in [5.74, 6) is 0.195. The van der Waals surface area contributed by atoms with Crippen molar-refractivity contribution < 1.29 is 14.1 Å². The number of hydrogen-bond acceptors (Lipinski definition) is 5. The molecule has 0 saturated carbocycles. The molecule has 2 heterocycles. The van der Waals surface area contributed by atoms with Crippen LogP contribution in [0.5, 0.6) is 5.75 Å². The molecule has 0 saturated heterocycles. The zero-order chi connectivity index (χ0) is 25.1. The summed E-state index contributed by atoms with van der Waals surface area (Å²) < 4.78 is 12.4. The second-order valence-corrected chi connectivity index (χ2v) is 8.69. The molecule has 0 spiro atoms. The Morgan fingerprint density at radius 2 is 1.67 bits per heavy atom. The average molecular weight is 500 g/mol. The summed E-state index contributed by atoms with van der Waals surface area (Å²) in [7, 11) is 0. The Hall–Kier alpha value is -4.36. The SMILES string of the molecule is Cc1cc2nc(COc3cc(Cl)ccc3NC(=O)C(c3ccccc3)c3ccccc3)cc(=O)n2o1. The molecule has 5 aromatic rings. The average Bonchev–Trinajstić information content (AvgIpc) is 3.26. The summed E-state index contributed by atoms with van der Waals surface area (Å²) >= 11 is 6.22. The van der Waals surface area contributed by atoms with Crippen LogP contribution in [-0.4, -0.2) is 15.5 Å². The zero-order valence-electron chi connectivity index (χ0n) is 19.4. The van der Waals surface area contributed by atoms with Gasteiger partial charge in [-0.3, -0.25) is 9.59 Å². The highest BCUT2D eigenvalue weighted by Crippen LogP contribution is 2.32. The molecule has 180 valence electrons. The molecular formula is C28H22ClN3O4. The molecule has 1 amide bonds. The van der Waals surface area contributed by atoms with Crippen LogP contribution in [0.3, 0.4) is 0 Å². The molecule has 3 aromatic carbocycles. The maximum atomic E-state index is 13.6. The maximum absolute atomic E-state index is 13.6. The highest BCUT2D eigenvalue weighted by Gasteiger charge is 2.24. The first-order valence-corrected chi connectivity index (χ1v) is 11.7. The van der Waals surface area contributed by atoms with Crippen LogP contribution in [-0.2, 0) is 11.4 Å². The van der Waals surface area contributed by atoms with Crippen LogP contribution in [0.2, 0.25) is 5.02 Å². The van der Waals surface area contributed by atoms with E-state index in [1.807, 2.05) is 60.7 Å². The summed E-state index contributed by atoms with van der Waals surface area (Å²) in [5.41, 5.74) is 2.66. The molecule has 0 bridgehead atoms. The molecule has 0 unspecified atom stereocenters. The molecule has 36 heavy (non-hydrogen) atoms. The Morgan fingerprint density at radius 3 is 2.33 bits per heavy atom. The lowest BCUT2D eigenvalue weighted by Crippen LogP contribution is -2.22. The van der Waals surface area contributed by atoms with Crippen LogP contribution < -0.4 is 15.6 Å². The standard InChI is InChI=1S/C28H22ClN3O4/c1-18-14-25-30-22(16-26(33)32(25)36-18)17-35-24-15-21(29)12-13-23(24)31-28(34)27(19-8-4-2-5-9-19)20-10-6-3-7-11-20/h2-16,27H,17H2,1H3,(H,31,34). The first kappa shape index (κ1) is 23.4. The lowest BCUT2D eigenvalue weighted by molar-refractivity contribution is -0.116. The van der Waals surface area contributed by atoms with Gasteiger partial charge >= 0.3 is 0 Å². The molecule has 0 fully saturated rings. The third kappa shape index (κ3) is 5.01. The Balaban J connectivity index is 1.41. The minimum atomic E-state index is -0.524. The van der Waals surface area contributed by atoms with E-state index in [1.165, 1.54) is 6.07 Å².